The maximum Gasteiger partial charge on any atom is 0.178 e. The van der Waals surface area contributed by atoms with E-state index in [2.05, 4.69) is 6.58 Å². The van der Waals surface area contributed by atoms with Gasteiger partial charge in [0.05, 0.1) is 7.11 Å². The third kappa shape index (κ3) is 4.97. The first-order valence-corrected chi connectivity index (χ1v) is 7.94. The van der Waals surface area contributed by atoms with Crippen LogP contribution in [0.4, 0.5) is 0 Å². The molecule has 0 saturated heterocycles. The Bertz CT molecular complexity index is 788. The lowest BCUT2D eigenvalue weighted by molar-refractivity contribution is -0.110. The molecule has 0 fully saturated rings. The van der Waals surface area contributed by atoms with Crippen molar-refractivity contribution >= 4 is 29.5 Å². The van der Waals surface area contributed by atoms with E-state index < -0.39 is 0 Å². The molecule has 0 saturated carbocycles. The van der Waals surface area contributed by atoms with Crippen LogP contribution in [0.3, 0.4) is 0 Å². The molecule has 0 bridgehead atoms. The predicted octanol–water partition coefficient (Wildman–Crippen LogP) is 5.37. The Balaban J connectivity index is 2.10. The molecule has 0 amide bonds. The second-order valence-electron chi connectivity index (χ2n) is 5.15. The Hall–Kier alpha value is -2.58. The molecule has 0 aliphatic carbocycles. The Labute approximate surface area is 147 Å². The van der Waals surface area contributed by atoms with E-state index in [1.165, 1.54) is 12.2 Å². The Kier molecular flexibility index (Phi) is 6.59. The molecule has 0 aliphatic heterocycles. The summed E-state index contributed by atoms with van der Waals surface area (Å²) in [6.45, 7) is 3.75. The summed E-state index contributed by atoms with van der Waals surface area (Å²) in [5, 5.41) is 0.620. The molecule has 24 heavy (non-hydrogen) atoms. The molecule has 2 rings (SSSR count). The lowest BCUT2D eigenvalue weighted by Crippen LogP contribution is -1.92. The van der Waals surface area contributed by atoms with Crippen LogP contribution in [0, 0.1) is 0 Å². The number of ketones is 1. The first kappa shape index (κ1) is 17.8. The van der Waals surface area contributed by atoms with Gasteiger partial charge >= 0.3 is 0 Å². The molecule has 0 N–H and O–H groups in total. The molecular formula is C21H19ClO2. The van der Waals surface area contributed by atoms with E-state index in [0.717, 1.165) is 22.4 Å². The second kappa shape index (κ2) is 8.90. The van der Waals surface area contributed by atoms with Crippen molar-refractivity contribution in [2.45, 2.75) is 6.42 Å². The Morgan fingerprint density at radius 1 is 1.17 bits per heavy atom. The third-order valence-electron chi connectivity index (χ3n) is 3.44. The molecule has 0 aliphatic rings. The zero-order chi connectivity index (χ0) is 17.4. The standard InChI is InChI=1S/C21H19ClO2/c1-3-6-18-15-16(10-14-21(18)24-2)9-12-19(23)13-11-17-7-4-5-8-20(17)22/h3-5,7-15H,1,6H2,2H3/b12-9+,13-11+. The van der Waals surface area contributed by atoms with E-state index in [1.807, 2.05) is 42.5 Å². The van der Waals surface area contributed by atoms with Crippen LogP contribution in [0.1, 0.15) is 16.7 Å². The van der Waals surface area contributed by atoms with Crippen LogP contribution in [-0.4, -0.2) is 12.9 Å². The van der Waals surface area contributed by atoms with E-state index in [4.69, 9.17) is 16.3 Å². The average Bonchev–Trinajstić information content (AvgIpc) is 2.60. The molecule has 0 aromatic heterocycles. The highest BCUT2D eigenvalue weighted by molar-refractivity contribution is 6.32. The average molecular weight is 339 g/mol. The number of benzene rings is 2. The van der Waals surface area contributed by atoms with Crippen molar-refractivity contribution in [3.05, 3.63) is 89.0 Å². The van der Waals surface area contributed by atoms with Gasteiger partial charge in [0, 0.05) is 5.02 Å². The highest BCUT2D eigenvalue weighted by Gasteiger charge is 2.02. The van der Waals surface area contributed by atoms with Gasteiger partial charge < -0.3 is 4.74 Å². The lowest BCUT2D eigenvalue weighted by atomic mass is 10.1. The first-order chi connectivity index (χ1) is 11.6. The number of hydrogen-bond acceptors (Lipinski definition) is 2. The van der Waals surface area contributed by atoms with Crippen molar-refractivity contribution in [1.29, 1.82) is 0 Å². The van der Waals surface area contributed by atoms with Gasteiger partial charge in [0.2, 0.25) is 0 Å². The van der Waals surface area contributed by atoms with E-state index in [0.29, 0.717) is 11.4 Å². The van der Waals surface area contributed by atoms with Crippen LogP contribution in [-0.2, 0) is 11.2 Å². The number of carbonyl (C=O) groups is 1. The van der Waals surface area contributed by atoms with Gasteiger partial charge in [-0.2, -0.15) is 0 Å². The molecule has 2 nitrogen and oxygen atoms in total. The molecule has 2 aromatic carbocycles. The molecule has 0 radical (unpaired) electrons. The van der Waals surface area contributed by atoms with Gasteiger partial charge in [-0.25, -0.2) is 0 Å². The normalized spacial score (nSPS) is 11.1. The molecule has 0 atom stereocenters. The highest BCUT2D eigenvalue weighted by atomic mass is 35.5. The van der Waals surface area contributed by atoms with Crippen molar-refractivity contribution in [1.82, 2.24) is 0 Å². The summed E-state index contributed by atoms with van der Waals surface area (Å²) in [4.78, 5) is 12.0. The van der Waals surface area contributed by atoms with Crippen LogP contribution in [0.15, 0.2) is 67.3 Å². The maximum atomic E-state index is 12.0. The van der Waals surface area contributed by atoms with E-state index in [-0.39, 0.29) is 5.78 Å². The largest absolute Gasteiger partial charge is 0.496 e. The Morgan fingerprint density at radius 3 is 2.62 bits per heavy atom. The van der Waals surface area contributed by atoms with Crippen LogP contribution < -0.4 is 4.74 Å². The van der Waals surface area contributed by atoms with Gasteiger partial charge in [0.25, 0.3) is 0 Å². The number of ether oxygens (including phenoxy) is 1. The molecule has 2 aromatic rings. The zero-order valence-corrected chi connectivity index (χ0v) is 14.3. The van der Waals surface area contributed by atoms with Gasteiger partial charge in [-0.15, -0.1) is 6.58 Å². The van der Waals surface area contributed by atoms with Crippen LogP contribution in [0.5, 0.6) is 5.75 Å². The minimum Gasteiger partial charge on any atom is -0.496 e. The molecule has 0 unspecified atom stereocenters. The summed E-state index contributed by atoms with van der Waals surface area (Å²) in [6.07, 6.45) is 9.07. The van der Waals surface area contributed by atoms with Crippen molar-refractivity contribution in [2.24, 2.45) is 0 Å². The smallest absolute Gasteiger partial charge is 0.178 e. The SMILES string of the molecule is C=CCc1cc(/C=C/C(=O)/C=C/c2ccccc2Cl)ccc1OC. The highest BCUT2D eigenvalue weighted by Crippen LogP contribution is 2.21. The third-order valence-corrected chi connectivity index (χ3v) is 3.79. The summed E-state index contributed by atoms with van der Waals surface area (Å²) < 4.78 is 5.31. The number of halogens is 1. The van der Waals surface area contributed by atoms with E-state index in [9.17, 15) is 4.79 Å². The Morgan fingerprint density at radius 2 is 1.92 bits per heavy atom. The fourth-order valence-corrected chi connectivity index (χ4v) is 2.43. The van der Waals surface area contributed by atoms with Crippen molar-refractivity contribution in [3.8, 4) is 5.75 Å². The monoisotopic (exact) mass is 338 g/mol. The molecule has 3 heteroatoms. The number of methoxy groups -OCH3 is 1. The first-order valence-electron chi connectivity index (χ1n) is 7.56. The molecule has 0 spiro atoms. The van der Waals surface area contributed by atoms with E-state index >= 15 is 0 Å². The van der Waals surface area contributed by atoms with Crippen LogP contribution in [0.25, 0.3) is 12.2 Å². The van der Waals surface area contributed by atoms with Crippen molar-refractivity contribution < 1.29 is 9.53 Å². The summed E-state index contributed by atoms with van der Waals surface area (Å²) in [7, 11) is 1.64. The van der Waals surface area contributed by atoms with Gasteiger partial charge in [-0.3, -0.25) is 4.79 Å². The topological polar surface area (TPSA) is 26.3 Å². The fraction of sp³-hybridized carbons (Fsp3) is 0.0952. The quantitative estimate of drug-likeness (QED) is 0.501. The number of hydrogen-bond donors (Lipinski definition) is 0. The lowest BCUT2D eigenvalue weighted by Gasteiger charge is -2.07. The summed E-state index contributed by atoms with van der Waals surface area (Å²) >= 11 is 6.06. The van der Waals surface area contributed by atoms with Crippen LogP contribution >= 0.6 is 11.6 Å². The van der Waals surface area contributed by atoms with Gasteiger partial charge in [0.1, 0.15) is 5.75 Å². The van der Waals surface area contributed by atoms with Crippen LogP contribution in [0.2, 0.25) is 5.02 Å². The fourth-order valence-electron chi connectivity index (χ4n) is 2.23. The maximum absolute atomic E-state index is 12.0. The number of allylic oxidation sites excluding steroid dienone is 3. The number of carbonyl (C=O) groups excluding carboxylic acids is 1. The number of rotatable bonds is 7. The van der Waals surface area contributed by atoms with E-state index in [1.54, 1.807) is 25.3 Å². The van der Waals surface area contributed by atoms with Gasteiger partial charge in [-0.1, -0.05) is 48.0 Å². The zero-order valence-electron chi connectivity index (χ0n) is 13.5. The predicted molar refractivity (Wildman–Crippen MR) is 101 cm³/mol. The summed E-state index contributed by atoms with van der Waals surface area (Å²) in [6, 6.07) is 13.2. The second-order valence-corrected chi connectivity index (χ2v) is 5.56. The van der Waals surface area contributed by atoms with Gasteiger partial charge in [-0.05, 0) is 59.5 Å². The minimum atomic E-state index is -0.101. The molecular weight excluding hydrogens is 320 g/mol. The summed E-state index contributed by atoms with van der Waals surface area (Å²) in [5.74, 6) is 0.716. The summed E-state index contributed by atoms with van der Waals surface area (Å²) in [5.41, 5.74) is 2.79. The molecule has 0 heterocycles. The minimum absolute atomic E-state index is 0.101. The van der Waals surface area contributed by atoms with Crippen molar-refractivity contribution in [3.63, 3.8) is 0 Å². The molecule has 122 valence electrons. The van der Waals surface area contributed by atoms with Crippen molar-refractivity contribution in [2.75, 3.05) is 7.11 Å². The van der Waals surface area contributed by atoms with Gasteiger partial charge in [0.15, 0.2) is 5.78 Å².